The van der Waals surface area contributed by atoms with E-state index in [0.717, 1.165) is 71.1 Å². The molecule has 0 spiro atoms. The lowest BCUT2D eigenvalue weighted by Crippen LogP contribution is -2.36. The number of benzene rings is 2. The molecule has 1 fully saturated rings. The predicted molar refractivity (Wildman–Crippen MR) is 154 cm³/mol. The number of fused-ring (bicyclic) bond motifs is 3. The lowest BCUT2D eigenvalue weighted by molar-refractivity contribution is 0.122. The van der Waals surface area contributed by atoms with Crippen LogP contribution in [0.15, 0.2) is 90.0 Å². The first-order valence-electron chi connectivity index (χ1n) is 13.3. The molecule has 0 amide bonds. The number of aromatic nitrogens is 6. The minimum atomic E-state index is -0.231. The maximum absolute atomic E-state index is 13.5. The van der Waals surface area contributed by atoms with Gasteiger partial charge < -0.3 is 9.64 Å². The highest BCUT2D eigenvalue weighted by molar-refractivity contribution is 5.92. The van der Waals surface area contributed by atoms with Crippen LogP contribution >= 0.6 is 0 Å². The first kappa shape index (κ1) is 24.2. The summed E-state index contributed by atoms with van der Waals surface area (Å²) in [5, 5.41) is 10.4. The molecule has 0 unspecified atom stereocenters. The average molecular weight is 530 g/mol. The Morgan fingerprint density at radius 2 is 1.65 bits per heavy atom. The summed E-state index contributed by atoms with van der Waals surface area (Å²) in [6.45, 7) is 5.60. The normalized spacial score (nSPS) is 13.8. The molecule has 0 saturated carbocycles. The van der Waals surface area contributed by atoms with Gasteiger partial charge in [-0.3, -0.25) is 14.5 Å². The van der Waals surface area contributed by atoms with Crippen LogP contribution in [0.3, 0.4) is 0 Å². The number of hydrogen-bond acceptors (Lipinski definition) is 7. The minimum absolute atomic E-state index is 0.231. The van der Waals surface area contributed by atoms with E-state index in [1.165, 1.54) is 4.68 Å². The highest BCUT2D eigenvalue weighted by atomic mass is 16.5. The molecule has 198 valence electrons. The molecule has 9 heteroatoms. The van der Waals surface area contributed by atoms with Gasteiger partial charge in [0.15, 0.2) is 5.69 Å². The minimum Gasteiger partial charge on any atom is -0.378 e. The SMILES string of the molecule is Cc1ccccc1-n1nc2c3ccccc3n(Cc3ccc(-c4ccc(N5CCOCC5)nc4)nc3)nc-2c1=O. The van der Waals surface area contributed by atoms with E-state index < -0.39 is 0 Å². The van der Waals surface area contributed by atoms with E-state index in [2.05, 4.69) is 16.0 Å². The van der Waals surface area contributed by atoms with Crippen LogP contribution in [0.25, 0.3) is 39.2 Å². The second-order valence-electron chi connectivity index (χ2n) is 9.93. The Morgan fingerprint density at radius 1 is 0.825 bits per heavy atom. The van der Waals surface area contributed by atoms with Crippen molar-refractivity contribution in [3.05, 3.63) is 107 Å². The Morgan fingerprint density at radius 3 is 2.42 bits per heavy atom. The van der Waals surface area contributed by atoms with Crippen LogP contribution in [-0.4, -0.2) is 55.8 Å². The summed E-state index contributed by atoms with van der Waals surface area (Å²) in [7, 11) is 0. The molecule has 0 bridgehead atoms. The quantitative estimate of drug-likeness (QED) is 0.328. The number of aryl methyl sites for hydroxylation is 1. The number of rotatable bonds is 5. The summed E-state index contributed by atoms with van der Waals surface area (Å²) < 4.78 is 8.75. The standard InChI is InChI=1S/C31H27N7O2/c1-21-6-2-4-8-26(21)38-31(39)30-29(35-38)24-7-3-5-9-27(24)37(34-30)20-22-10-12-25(32-18-22)23-11-13-28(33-19-23)36-14-16-40-17-15-36/h2-13,18-19H,14-17,20H2,1H3. The molecule has 4 aromatic rings. The third kappa shape index (κ3) is 4.30. The first-order chi connectivity index (χ1) is 19.7. The second-order valence-corrected chi connectivity index (χ2v) is 9.93. The molecule has 5 heterocycles. The Labute approximate surface area is 230 Å². The van der Waals surface area contributed by atoms with E-state index in [1.54, 1.807) is 0 Å². The Kier molecular flexibility index (Phi) is 6.05. The monoisotopic (exact) mass is 529 g/mol. The predicted octanol–water partition coefficient (Wildman–Crippen LogP) is 4.34. The second kappa shape index (κ2) is 10.0. The van der Waals surface area contributed by atoms with E-state index in [-0.39, 0.29) is 5.56 Å². The highest BCUT2D eigenvalue weighted by Crippen LogP contribution is 2.27. The van der Waals surface area contributed by atoms with E-state index in [9.17, 15) is 4.79 Å². The molecule has 2 aromatic carbocycles. The topological polar surface area (TPSA) is 91.0 Å². The molecule has 3 aliphatic heterocycles. The van der Waals surface area contributed by atoms with Gasteiger partial charge in [0.25, 0.3) is 0 Å². The van der Waals surface area contributed by atoms with Crippen molar-refractivity contribution >= 4 is 16.7 Å². The molecule has 2 aromatic heterocycles. The van der Waals surface area contributed by atoms with Gasteiger partial charge in [-0.2, -0.15) is 14.9 Å². The largest absolute Gasteiger partial charge is 0.378 e. The van der Waals surface area contributed by atoms with Crippen molar-refractivity contribution in [2.75, 3.05) is 31.2 Å². The lowest BCUT2D eigenvalue weighted by Gasteiger charge is -2.27. The van der Waals surface area contributed by atoms with Crippen molar-refractivity contribution in [3.63, 3.8) is 0 Å². The smallest absolute Gasteiger partial charge is 0.301 e. The van der Waals surface area contributed by atoms with E-state index in [4.69, 9.17) is 19.9 Å². The number of pyridine rings is 2. The Balaban J connectivity index is 1.21. The van der Waals surface area contributed by atoms with Crippen LogP contribution in [-0.2, 0) is 11.3 Å². The number of nitrogens with zero attached hydrogens (tertiary/aromatic N) is 7. The third-order valence-electron chi connectivity index (χ3n) is 7.36. The molecule has 3 aliphatic rings. The third-order valence-corrected chi connectivity index (χ3v) is 7.36. The molecule has 0 N–H and O–H groups in total. The Bertz CT molecular complexity index is 1840. The molecule has 1 saturated heterocycles. The highest BCUT2D eigenvalue weighted by Gasteiger charge is 2.23. The Hall–Kier alpha value is -4.89. The number of morpholine rings is 1. The van der Waals surface area contributed by atoms with Gasteiger partial charge in [-0.1, -0.05) is 42.5 Å². The summed E-state index contributed by atoms with van der Waals surface area (Å²) in [4.78, 5) is 25.0. The van der Waals surface area contributed by atoms with Crippen molar-refractivity contribution in [1.29, 1.82) is 0 Å². The fourth-order valence-electron chi connectivity index (χ4n) is 5.20. The summed E-state index contributed by atoms with van der Waals surface area (Å²) in [5.74, 6) is 0.955. The van der Waals surface area contributed by atoms with Crippen LogP contribution in [0.1, 0.15) is 11.1 Å². The van der Waals surface area contributed by atoms with Gasteiger partial charge in [-0.15, -0.1) is 0 Å². The van der Waals surface area contributed by atoms with Gasteiger partial charge in [-0.05, 0) is 48.4 Å². The molecule has 0 aliphatic carbocycles. The van der Waals surface area contributed by atoms with E-state index >= 15 is 0 Å². The van der Waals surface area contributed by atoms with Crippen molar-refractivity contribution in [3.8, 4) is 28.3 Å². The van der Waals surface area contributed by atoms with E-state index in [1.807, 2.05) is 90.7 Å². The molecule has 0 radical (unpaired) electrons. The zero-order valence-electron chi connectivity index (χ0n) is 22.1. The van der Waals surface area contributed by atoms with Crippen molar-refractivity contribution < 1.29 is 4.74 Å². The maximum Gasteiger partial charge on any atom is 0.301 e. The van der Waals surface area contributed by atoms with Crippen LogP contribution in [0.4, 0.5) is 5.82 Å². The number of hydrogen-bond donors (Lipinski definition) is 0. The molecule has 7 rings (SSSR count). The molecular weight excluding hydrogens is 502 g/mol. The molecule has 40 heavy (non-hydrogen) atoms. The van der Waals surface area contributed by atoms with Gasteiger partial charge >= 0.3 is 5.56 Å². The van der Waals surface area contributed by atoms with Crippen LogP contribution < -0.4 is 10.5 Å². The molecule has 9 nitrogen and oxygen atoms in total. The van der Waals surface area contributed by atoms with Crippen molar-refractivity contribution in [1.82, 2.24) is 29.5 Å². The molecule has 0 atom stereocenters. The first-order valence-corrected chi connectivity index (χ1v) is 13.3. The number of ether oxygens (including phenoxy) is 1. The van der Waals surface area contributed by atoms with Gasteiger partial charge in [0, 0.05) is 36.4 Å². The number of anilines is 1. The zero-order valence-corrected chi connectivity index (χ0v) is 22.1. The molecular formula is C31H27N7O2. The maximum atomic E-state index is 13.5. The number of para-hydroxylation sites is 2. The van der Waals surface area contributed by atoms with E-state index in [0.29, 0.717) is 17.9 Å². The zero-order chi connectivity index (χ0) is 27.1. The van der Waals surface area contributed by atoms with Crippen LogP contribution in [0, 0.1) is 6.92 Å². The van der Waals surface area contributed by atoms with Crippen LogP contribution in [0.5, 0.6) is 0 Å². The van der Waals surface area contributed by atoms with Crippen molar-refractivity contribution in [2.45, 2.75) is 13.5 Å². The average Bonchev–Trinajstić information content (AvgIpc) is 3.34. The van der Waals surface area contributed by atoms with Crippen LogP contribution in [0.2, 0.25) is 0 Å². The summed E-state index contributed by atoms with van der Waals surface area (Å²) >= 11 is 0. The van der Waals surface area contributed by atoms with Gasteiger partial charge in [0.1, 0.15) is 11.5 Å². The van der Waals surface area contributed by atoms with Gasteiger partial charge in [0.05, 0.1) is 36.7 Å². The fraction of sp³-hybridized carbons (Fsp3) is 0.194. The lowest BCUT2D eigenvalue weighted by atomic mass is 10.1. The van der Waals surface area contributed by atoms with Gasteiger partial charge in [0.2, 0.25) is 0 Å². The summed E-state index contributed by atoms with van der Waals surface area (Å²) in [6.07, 6.45) is 3.72. The summed E-state index contributed by atoms with van der Waals surface area (Å²) in [6, 6.07) is 23.8. The fourth-order valence-corrected chi connectivity index (χ4v) is 5.20. The van der Waals surface area contributed by atoms with Gasteiger partial charge in [-0.25, -0.2) is 4.98 Å². The van der Waals surface area contributed by atoms with Crippen molar-refractivity contribution in [2.24, 2.45) is 0 Å². The summed E-state index contributed by atoms with van der Waals surface area (Å²) in [5.41, 5.74) is 6.13.